The third-order valence-electron chi connectivity index (χ3n) is 5.71. The van der Waals surface area contributed by atoms with Gasteiger partial charge in [0.2, 0.25) is 0 Å². The van der Waals surface area contributed by atoms with Gasteiger partial charge in [-0.15, -0.1) is 0 Å². The van der Waals surface area contributed by atoms with Crippen LogP contribution >= 0.6 is 34.8 Å². The number of para-hydroxylation sites is 1. The van der Waals surface area contributed by atoms with Crippen LogP contribution in [-0.4, -0.2) is 31.7 Å². The highest BCUT2D eigenvalue weighted by atomic mass is 35.5. The molecule has 3 aromatic carbocycles. The first-order valence-corrected chi connectivity index (χ1v) is 13.9. The van der Waals surface area contributed by atoms with Crippen LogP contribution < -0.4 is 9.73 Å². The lowest BCUT2D eigenvalue weighted by molar-refractivity contribution is -0.119. The standard InChI is InChI=1S/C27H23Cl3N4O3S/c1-18-12-20(19(2)34(18)26-11-7-6-10-25(26)30)16-31-32-27(35)17-33(23-14-21(28)13-22(29)15-23)38(36,37)24-8-4-3-5-9-24/h3-16H,17H2,1-2H3,(H,32,35)/b31-16-. The Bertz CT molecular complexity index is 1600. The molecular formula is C27H23Cl3N4O3S. The number of hydrazone groups is 1. The molecule has 0 unspecified atom stereocenters. The second-order valence-corrected chi connectivity index (χ2v) is 11.5. The molecule has 11 heteroatoms. The van der Waals surface area contributed by atoms with E-state index in [1.54, 1.807) is 18.2 Å². The average molecular weight is 590 g/mol. The van der Waals surface area contributed by atoms with Gasteiger partial charge in [0.25, 0.3) is 15.9 Å². The minimum Gasteiger partial charge on any atom is -0.316 e. The van der Waals surface area contributed by atoms with Crippen LogP contribution in [0.1, 0.15) is 17.0 Å². The molecule has 1 heterocycles. The highest BCUT2D eigenvalue weighted by Crippen LogP contribution is 2.30. The number of benzene rings is 3. The molecule has 0 saturated carbocycles. The van der Waals surface area contributed by atoms with Crippen molar-refractivity contribution in [3.8, 4) is 5.69 Å². The summed E-state index contributed by atoms with van der Waals surface area (Å²) in [6.07, 6.45) is 1.50. The Kier molecular flexibility index (Phi) is 8.47. The number of carbonyl (C=O) groups excluding carboxylic acids is 1. The smallest absolute Gasteiger partial charge is 0.264 e. The van der Waals surface area contributed by atoms with Gasteiger partial charge in [-0.2, -0.15) is 5.10 Å². The maximum absolute atomic E-state index is 13.4. The molecule has 0 radical (unpaired) electrons. The maximum atomic E-state index is 13.4. The van der Waals surface area contributed by atoms with Crippen molar-refractivity contribution in [1.82, 2.24) is 9.99 Å². The van der Waals surface area contributed by atoms with E-state index >= 15 is 0 Å². The molecule has 0 aliphatic carbocycles. The lowest BCUT2D eigenvalue weighted by Crippen LogP contribution is -2.39. The number of amides is 1. The van der Waals surface area contributed by atoms with E-state index in [0.717, 1.165) is 26.9 Å². The molecule has 38 heavy (non-hydrogen) atoms. The largest absolute Gasteiger partial charge is 0.316 e. The van der Waals surface area contributed by atoms with Crippen molar-refractivity contribution < 1.29 is 13.2 Å². The van der Waals surface area contributed by atoms with Crippen molar-refractivity contribution in [1.29, 1.82) is 0 Å². The molecule has 7 nitrogen and oxygen atoms in total. The van der Waals surface area contributed by atoms with Gasteiger partial charge in [0.1, 0.15) is 6.54 Å². The van der Waals surface area contributed by atoms with Crippen molar-refractivity contribution in [3.63, 3.8) is 0 Å². The number of carbonyl (C=O) groups is 1. The zero-order valence-electron chi connectivity index (χ0n) is 20.4. The summed E-state index contributed by atoms with van der Waals surface area (Å²) >= 11 is 18.6. The number of halogens is 3. The second-order valence-electron chi connectivity index (χ2n) is 8.36. The van der Waals surface area contributed by atoms with Crippen molar-refractivity contribution in [2.24, 2.45) is 5.10 Å². The normalized spacial score (nSPS) is 11.6. The molecular weight excluding hydrogens is 567 g/mol. The molecule has 0 fully saturated rings. The third kappa shape index (κ3) is 6.05. The van der Waals surface area contributed by atoms with Crippen molar-refractivity contribution in [2.75, 3.05) is 10.8 Å². The molecule has 1 amide bonds. The first-order chi connectivity index (χ1) is 18.1. The Morgan fingerprint density at radius 1 is 0.947 bits per heavy atom. The van der Waals surface area contributed by atoms with Gasteiger partial charge in [-0.1, -0.05) is 65.1 Å². The van der Waals surface area contributed by atoms with E-state index in [2.05, 4.69) is 10.5 Å². The molecule has 0 atom stereocenters. The summed E-state index contributed by atoms with van der Waals surface area (Å²) < 4.78 is 29.8. The Hall–Kier alpha value is -3.30. The van der Waals surface area contributed by atoms with Crippen LogP contribution in [0.2, 0.25) is 15.1 Å². The molecule has 0 saturated heterocycles. The number of hydrogen-bond donors (Lipinski definition) is 1. The minimum atomic E-state index is -4.12. The zero-order valence-corrected chi connectivity index (χ0v) is 23.5. The molecule has 1 aromatic heterocycles. The summed E-state index contributed by atoms with van der Waals surface area (Å²) in [4.78, 5) is 12.9. The van der Waals surface area contributed by atoms with E-state index in [0.29, 0.717) is 5.02 Å². The quantitative estimate of drug-likeness (QED) is 0.191. The second kappa shape index (κ2) is 11.6. The van der Waals surface area contributed by atoms with E-state index in [9.17, 15) is 13.2 Å². The summed E-state index contributed by atoms with van der Waals surface area (Å²) in [6.45, 7) is 3.30. The molecule has 0 aliphatic heterocycles. The summed E-state index contributed by atoms with van der Waals surface area (Å²) in [5.74, 6) is -0.656. The topological polar surface area (TPSA) is 83.8 Å². The highest BCUT2D eigenvalue weighted by Gasteiger charge is 2.27. The van der Waals surface area contributed by atoms with Crippen LogP contribution in [0.4, 0.5) is 5.69 Å². The molecule has 4 rings (SSSR count). The van der Waals surface area contributed by atoms with Gasteiger partial charge in [0.05, 0.1) is 27.5 Å². The van der Waals surface area contributed by atoms with Gasteiger partial charge < -0.3 is 4.57 Å². The Labute approximate surface area is 236 Å². The van der Waals surface area contributed by atoms with Gasteiger partial charge in [-0.25, -0.2) is 13.8 Å². The van der Waals surface area contributed by atoms with Crippen LogP contribution in [0.25, 0.3) is 5.69 Å². The Balaban J connectivity index is 1.58. The first kappa shape index (κ1) is 27.7. The van der Waals surface area contributed by atoms with E-state index in [4.69, 9.17) is 34.8 Å². The monoisotopic (exact) mass is 588 g/mol. The average Bonchev–Trinajstić information content (AvgIpc) is 3.15. The maximum Gasteiger partial charge on any atom is 0.264 e. The number of sulfonamides is 1. The van der Waals surface area contributed by atoms with Gasteiger partial charge in [-0.3, -0.25) is 9.10 Å². The van der Waals surface area contributed by atoms with Crippen molar-refractivity contribution >= 4 is 62.6 Å². The lowest BCUT2D eigenvalue weighted by Gasteiger charge is -2.24. The van der Waals surface area contributed by atoms with Gasteiger partial charge in [0, 0.05) is 27.0 Å². The fraction of sp³-hybridized carbons (Fsp3) is 0.111. The molecule has 0 bridgehead atoms. The fourth-order valence-corrected chi connectivity index (χ4v) is 6.14. The number of rotatable bonds is 8. The zero-order chi connectivity index (χ0) is 27.4. The van der Waals surface area contributed by atoms with E-state index in [1.807, 2.05) is 48.7 Å². The molecule has 0 spiro atoms. The SMILES string of the molecule is Cc1cc(/C=N\NC(=O)CN(c2cc(Cl)cc(Cl)c2)S(=O)(=O)c2ccccc2)c(C)n1-c1ccccc1Cl. The molecule has 1 N–H and O–H groups in total. The van der Waals surface area contributed by atoms with E-state index in [1.165, 1.54) is 36.5 Å². The number of nitrogens with zero attached hydrogens (tertiary/aromatic N) is 3. The summed E-state index contributed by atoms with van der Waals surface area (Å²) in [5.41, 5.74) is 5.95. The number of aryl methyl sites for hydroxylation is 1. The number of aromatic nitrogens is 1. The predicted molar refractivity (Wildman–Crippen MR) is 153 cm³/mol. The summed E-state index contributed by atoms with van der Waals surface area (Å²) in [5, 5.41) is 5.13. The van der Waals surface area contributed by atoms with E-state index < -0.39 is 22.5 Å². The summed E-state index contributed by atoms with van der Waals surface area (Å²) in [6, 6.07) is 21.5. The minimum absolute atomic E-state index is 0.0133. The summed E-state index contributed by atoms with van der Waals surface area (Å²) in [7, 11) is -4.12. The third-order valence-corrected chi connectivity index (χ3v) is 8.25. The van der Waals surface area contributed by atoms with Gasteiger partial charge in [-0.05, 0) is 62.4 Å². The Morgan fingerprint density at radius 3 is 2.24 bits per heavy atom. The van der Waals surface area contributed by atoms with E-state index in [-0.39, 0.29) is 20.6 Å². The van der Waals surface area contributed by atoms with Crippen LogP contribution in [0.3, 0.4) is 0 Å². The van der Waals surface area contributed by atoms with Crippen LogP contribution in [-0.2, 0) is 14.8 Å². The highest BCUT2D eigenvalue weighted by molar-refractivity contribution is 7.92. The van der Waals surface area contributed by atoms with Crippen molar-refractivity contribution in [2.45, 2.75) is 18.7 Å². The number of hydrogen-bond acceptors (Lipinski definition) is 4. The van der Waals surface area contributed by atoms with Gasteiger partial charge >= 0.3 is 0 Å². The van der Waals surface area contributed by atoms with Crippen LogP contribution in [0.5, 0.6) is 0 Å². The number of nitrogens with one attached hydrogen (secondary N) is 1. The van der Waals surface area contributed by atoms with Gasteiger partial charge in [0.15, 0.2) is 0 Å². The van der Waals surface area contributed by atoms with Crippen LogP contribution in [0.15, 0.2) is 88.9 Å². The lowest BCUT2D eigenvalue weighted by atomic mass is 10.2. The fourth-order valence-electron chi connectivity index (χ4n) is 3.98. The predicted octanol–water partition coefficient (Wildman–Crippen LogP) is 6.40. The Morgan fingerprint density at radius 2 is 1.58 bits per heavy atom. The van der Waals surface area contributed by atoms with Crippen LogP contribution in [0, 0.1) is 13.8 Å². The first-order valence-electron chi connectivity index (χ1n) is 11.4. The molecule has 4 aromatic rings. The molecule has 196 valence electrons. The molecule has 0 aliphatic rings. The van der Waals surface area contributed by atoms with Crippen molar-refractivity contribution in [3.05, 3.63) is 111 Å². The number of anilines is 1.